The molecule has 0 spiro atoms. The van der Waals surface area contributed by atoms with Gasteiger partial charge < -0.3 is 11.1 Å². The fraction of sp³-hybridized carbons (Fsp3) is 0.214. The molecule has 0 aliphatic carbocycles. The third-order valence-corrected chi connectivity index (χ3v) is 3.56. The van der Waals surface area contributed by atoms with Gasteiger partial charge in [0.25, 0.3) is 0 Å². The first-order valence-electron chi connectivity index (χ1n) is 5.97. The summed E-state index contributed by atoms with van der Waals surface area (Å²) in [6, 6.07) is 6.39. The number of primary amides is 1. The van der Waals surface area contributed by atoms with Gasteiger partial charge in [0.1, 0.15) is 5.82 Å². The summed E-state index contributed by atoms with van der Waals surface area (Å²) < 4.78 is 13.7. The molecule has 1 aromatic heterocycles. The van der Waals surface area contributed by atoms with Crippen molar-refractivity contribution in [3.63, 3.8) is 0 Å². The molecule has 0 bridgehead atoms. The van der Waals surface area contributed by atoms with E-state index in [2.05, 4.69) is 16.8 Å². The lowest BCUT2D eigenvalue weighted by Crippen LogP contribution is -2.18. The molecule has 3 N–H and O–H groups in total. The van der Waals surface area contributed by atoms with Crippen LogP contribution in [0.3, 0.4) is 0 Å². The van der Waals surface area contributed by atoms with E-state index in [1.54, 1.807) is 23.5 Å². The second-order valence-electron chi connectivity index (χ2n) is 4.23. The van der Waals surface area contributed by atoms with Crippen molar-refractivity contribution in [3.8, 4) is 0 Å². The summed E-state index contributed by atoms with van der Waals surface area (Å²) >= 11 is 1.67. The van der Waals surface area contributed by atoms with Crippen molar-refractivity contribution >= 4 is 17.2 Å². The lowest BCUT2D eigenvalue weighted by Gasteiger charge is -2.06. The first kappa shape index (κ1) is 13.7. The van der Waals surface area contributed by atoms with Crippen LogP contribution >= 0.6 is 11.3 Å². The SMILES string of the molecule is NC(=O)c1ccc(CNCCc2ccsc2)c(F)c1. The van der Waals surface area contributed by atoms with Crippen molar-refractivity contribution in [1.29, 1.82) is 0 Å². The second-order valence-corrected chi connectivity index (χ2v) is 5.01. The molecule has 0 radical (unpaired) electrons. The van der Waals surface area contributed by atoms with Gasteiger partial charge in [-0.3, -0.25) is 4.79 Å². The Hall–Kier alpha value is -1.72. The third-order valence-electron chi connectivity index (χ3n) is 2.82. The summed E-state index contributed by atoms with van der Waals surface area (Å²) in [6.45, 7) is 1.22. The molecular formula is C14H15FN2OS. The number of hydrogen-bond acceptors (Lipinski definition) is 3. The van der Waals surface area contributed by atoms with Crippen LogP contribution in [0.5, 0.6) is 0 Å². The summed E-state index contributed by atoms with van der Waals surface area (Å²) in [7, 11) is 0. The van der Waals surface area contributed by atoms with Gasteiger partial charge in [0.05, 0.1) is 0 Å². The quantitative estimate of drug-likeness (QED) is 0.797. The molecule has 2 aromatic rings. The maximum absolute atomic E-state index is 13.7. The summed E-state index contributed by atoms with van der Waals surface area (Å²) in [5.41, 5.74) is 7.10. The van der Waals surface area contributed by atoms with Crippen molar-refractivity contribution in [2.45, 2.75) is 13.0 Å². The molecule has 0 aliphatic heterocycles. The molecule has 0 atom stereocenters. The number of amides is 1. The predicted octanol–water partition coefficient (Wildman–Crippen LogP) is 2.32. The van der Waals surface area contributed by atoms with Crippen LogP contribution in [-0.4, -0.2) is 12.5 Å². The lowest BCUT2D eigenvalue weighted by atomic mass is 10.1. The smallest absolute Gasteiger partial charge is 0.248 e. The Labute approximate surface area is 115 Å². The van der Waals surface area contributed by atoms with E-state index < -0.39 is 11.7 Å². The fourth-order valence-electron chi connectivity index (χ4n) is 1.73. The third kappa shape index (κ3) is 3.87. The predicted molar refractivity (Wildman–Crippen MR) is 74.6 cm³/mol. The van der Waals surface area contributed by atoms with Gasteiger partial charge in [-0.25, -0.2) is 4.39 Å². The molecule has 0 saturated carbocycles. The van der Waals surface area contributed by atoms with E-state index in [-0.39, 0.29) is 5.56 Å². The molecular weight excluding hydrogens is 263 g/mol. The number of hydrogen-bond donors (Lipinski definition) is 2. The molecule has 3 nitrogen and oxygen atoms in total. The standard InChI is InChI=1S/C14H15FN2OS/c15-13-7-11(14(16)18)1-2-12(13)8-17-5-3-10-4-6-19-9-10/h1-2,4,6-7,9,17H,3,5,8H2,(H2,16,18). The zero-order valence-corrected chi connectivity index (χ0v) is 11.2. The van der Waals surface area contributed by atoms with Crippen molar-refractivity contribution < 1.29 is 9.18 Å². The lowest BCUT2D eigenvalue weighted by molar-refractivity contribution is 0.1000. The number of halogens is 1. The van der Waals surface area contributed by atoms with Crippen LogP contribution < -0.4 is 11.1 Å². The van der Waals surface area contributed by atoms with E-state index in [1.807, 2.05) is 5.38 Å². The number of benzene rings is 1. The molecule has 0 saturated heterocycles. The number of carbonyl (C=O) groups excluding carboxylic acids is 1. The molecule has 0 aliphatic rings. The number of thiophene rings is 1. The second kappa shape index (κ2) is 6.45. The number of rotatable bonds is 6. The molecule has 1 aromatic carbocycles. The van der Waals surface area contributed by atoms with E-state index in [4.69, 9.17) is 5.73 Å². The normalized spacial score (nSPS) is 10.6. The van der Waals surface area contributed by atoms with Gasteiger partial charge in [-0.2, -0.15) is 11.3 Å². The first-order valence-corrected chi connectivity index (χ1v) is 6.91. The van der Waals surface area contributed by atoms with Crippen LogP contribution in [0.4, 0.5) is 4.39 Å². The minimum atomic E-state index is -0.615. The summed E-state index contributed by atoms with van der Waals surface area (Å²) in [6.07, 6.45) is 0.921. The van der Waals surface area contributed by atoms with E-state index >= 15 is 0 Å². The molecule has 1 amide bonds. The van der Waals surface area contributed by atoms with Gasteiger partial charge in [0.15, 0.2) is 0 Å². The van der Waals surface area contributed by atoms with Gasteiger partial charge in [0, 0.05) is 17.7 Å². The van der Waals surface area contributed by atoms with E-state index in [9.17, 15) is 9.18 Å². The Bertz CT molecular complexity index is 555. The molecule has 1 heterocycles. The Morgan fingerprint density at radius 2 is 2.21 bits per heavy atom. The number of carbonyl (C=O) groups is 1. The average molecular weight is 278 g/mol. The fourth-order valence-corrected chi connectivity index (χ4v) is 2.44. The minimum Gasteiger partial charge on any atom is -0.366 e. The Balaban J connectivity index is 1.84. The van der Waals surface area contributed by atoms with Crippen LogP contribution in [0.25, 0.3) is 0 Å². The van der Waals surface area contributed by atoms with E-state index in [0.29, 0.717) is 12.1 Å². The van der Waals surface area contributed by atoms with Gasteiger partial charge >= 0.3 is 0 Å². The molecule has 0 unspecified atom stereocenters. The van der Waals surface area contributed by atoms with Crippen LogP contribution in [0.15, 0.2) is 35.0 Å². The monoisotopic (exact) mass is 278 g/mol. The molecule has 2 rings (SSSR count). The topological polar surface area (TPSA) is 55.1 Å². The van der Waals surface area contributed by atoms with Crippen LogP contribution in [0.1, 0.15) is 21.5 Å². The van der Waals surface area contributed by atoms with Crippen molar-refractivity contribution in [3.05, 3.63) is 57.5 Å². The largest absolute Gasteiger partial charge is 0.366 e. The zero-order valence-electron chi connectivity index (χ0n) is 10.4. The highest BCUT2D eigenvalue weighted by Gasteiger charge is 2.06. The zero-order chi connectivity index (χ0) is 13.7. The Morgan fingerprint density at radius 3 is 2.84 bits per heavy atom. The molecule has 19 heavy (non-hydrogen) atoms. The summed E-state index contributed by atoms with van der Waals surface area (Å²) in [5.74, 6) is -1.02. The van der Waals surface area contributed by atoms with Crippen LogP contribution in [0.2, 0.25) is 0 Å². The first-order chi connectivity index (χ1) is 9.16. The highest BCUT2D eigenvalue weighted by atomic mass is 32.1. The van der Waals surface area contributed by atoms with Gasteiger partial charge in [-0.05, 0) is 47.5 Å². The van der Waals surface area contributed by atoms with E-state index in [0.717, 1.165) is 13.0 Å². The van der Waals surface area contributed by atoms with Gasteiger partial charge in [-0.15, -0.1) is 0 Å². The summed E-state index contributed by atoms with van der Waals surface area (Å²) in [4.78, 5) is 10.9. The van der Waals surface area contributed by atoms with Crippen molar-refractivity contribution in [2.75, 3.05) is 6.54 Å². The highest BCUT2D eigenvalue weighted by Crippen LogP contribution is 2.10. The molecule has 100 valence electrons. The summed E-state index contributed by atoms with van der Waals surface area (Å²) in [5, 5.41) is 7.32. The average Bonchev–Trinajstić information content (AvgIpc) is 2.89. The maximum atomic E-state index is 13.7. The van der Waals surface area contributed by atoms with Crippen LogP contribution in [0, 0.1) is 5.82 Å². The van der Waals surface area contributed by atoms with Gasteiger partial charge in [-0.1, -0.05) is 6.07 Å². The minimum absolute atomic E-state index is 0.194. The number of nitrogens with two attached hydrogens (primary N) is 1. The molecule has 0 fully saturated rings. The van der Waals surface area contributed by atoms with E-state index in [1.165, 1.54) is 11.6 Å². The highest BCUT2D eigenvalue weighted by molar-refractivity contribution is 7.07. The maximum Gasteiger partial charge on any atom is 0.248 e. The van der Waals surface area contributed by atoms with Gasteiger partial charge in [0.2, 0.25) is 5.91 Å². The van der Waals surface area contributed by atoms with Crippen molar-refractivity contribution in [2.24, 2.45) is 5.73 Å². The number of nitrogens with one attached hydrogen (secondary N) is 1. The molecule has 5 heteroatoms. The van der Waals surface area contributed by atoms with Crippen LogP contribution in [-0.2, 0) is 13.0 Å². The van der Waals surface area contributed by atoms with Crippen molar-refractivity contribution in [1.82, 2.24) is 5.32 Å². The Morgan fingerprint density at radius 1 is 1.37 bits per heavy atom. The Kier molecular flexibility index (Phi) is 4.65.